The maximum absolute atomic E-state index is 2.25. The van der Waals surface area contributed by atoms with Gasteiger partial charge in [0.1, 0.15) is 0 Å². The van der Waals surface area contributed by atoms with E-state index in [1.165, 1.54) is 11.1 Å². The molecule has 0 nitrogen and oxygen atoms in total. The van der Waals surface area contributed by atoms with E-state index in [0.717, 1.165) is 0 Å². The molecule has 1 rings (SSSR count). The van der Waals surface area contributed by atoms with E-state index in [1.54, 1.807) is 11.3 Å². The fourth-order valence-corrected chi connectivity index (χ4v) is 2.20. The minimum Gasteiger partial charge on any atom is -0.152 e. The topological polar surface area (TPSA) is 0 Å². The summed E-state index contributed by atoms with van der Waals surface area (Å²) in [6.07, 6.45) is 0. The van der Waals surface area contributed by atoms with Gasteiger partial charge in [0.2, 0.25) is 0 Å². The van der Waals surface area contributed by atoms with Crippen molar-refractivity contribution in [3.05, 3.63) is 21.9 Å². The van der Waals surface area contributed by atoms with Crippen LogP contribution < -0.4 is 0 Å². The highest BCUT2D eigenvalue weighted by Crippen LogP contribution is 2.27. The van der Waals surface area contributed by atoms with Gasteiger partial charge in [-0.3, -0.25) is 0 Å². The molecule has 0 amide bonds. The summed E-state index contributed by atoms with van der Waals surface area (Å²) in [6, 6.07) is 0. The first-order valence-electron chi connectivity index (χ1n) is 3.55. The molecule has 0 fully saturated rings. The van der Waals surface area contributed by atoms with Crippen molar-refractivity contribution in [2.75, 3.05) is 0 Å². The van der Waals surface area contributed by atoms with Crippen molar-refractivity contribution in [2.24, 2.45) is 0 Å². The Hall–Kier alpha value is -0.300. The van der Waals surface area contributed by atoms with Gasteiger partial charge >= 0.3 is 0 Å². The minimum absolute atomic E-state index is 0.323. The van der Waals surface area contributed by atoms with Gasteiger partial charge in [-0.05, 0) is 34.2 Å². The Morgan fingerprint density at radius 3 is 2.00 bits per heavy atom. The minimum atomic E-state index is 0.323. The molecule has 0 aliphatic carbocycles. The largest absolute Gasteiger partial charge is 0.152 e. The van der Waals surface area contributed by atoms with Crippen LogP contribution in [0.4, 0.5) is 0 Å². The molecule has 1 heterocycles. The Kier molecular flexibility index (Phi) is 1.86. The van der Waals surface area contributed by atoms with Crippen molar-refractivity contribution in [3.63, 3.8) is 0 Å². The maximum atomic E-state index is 2.25. The van der Waals surface area contributed by atoms with E-state index >= 15 is 0 Å². The van der Waals surface area contributed by atoms with Crippen molar-refractivity contribution in [1.29, 1.82) is 0 Å². The van der Waals surface area contributed by atoms with Crippen LogP contribution in [0, 0.1) is 6.92 Å². The third-order valence-electron chi connectivity index (χ3n) is 1.66. The lowest BCUT2D eigenvalue weighted by atomic mass is 9.87. The highest BCUT2D eigenvalue weighted by Gasteiger charge is 2.15. The quantitative estimate of drug-likeness (QED) is 0.537. The number of thiophene rings is 1. The Morgan fingerprint density at radius 2 is 1.80 bits per heavy atom. The molecule has 1 heteroatoms. The van der Waals surface area contributed by atoms with Crippen LogP contribution in [0.5, 0.6) is 0 Å². The van der Waals surface area contributed by atoms with Crippen LogP contribution in [0.3, 0.4) is 0 Å². The van der Waals surface area contributed by atoms with Gasteiger partial charge in [0.25, 0.3) is 0 Å². The monoisotopic (exact) mass is 154 g/mol. The maximum Gasteiger partial charge on any atom is -0.00532 e. The van der Waals surface area contributed by atoms with E-state index in [1.807, 2.05) is 0 Å². The van der Waals surface area contributed by atoms with Crippen molar-refractivity contribution in [3.8, 4) is 0 Å². The molecule has 0 spiro atoms. The molecular formula is C9H14S. The SMILES string of the molecule is Cc1cscc1C(C)(C)C. The first-order chi connectivity index (χ1) is 4.52. The average molecular weight is 154 g/mol. The van der Waals surface area contributed by atoms with Gasteiger partial charge in [-0.1, -0.05) is 20.8 Å². The van der Waals surface area contributed by atoms with Gasteiger partial charge in [0.05, 0.1) is 0 Å². The molecule has 0 N–H and O–H groups in total. The highest BCUT2D eigenvalue weighted by atomic mass is 32.1. The van der Waals surface area contributed by atoms with Gasteiger partial charge in [0, 0.05) is 0 Å². The van der Waals surface area contributed by atoms with Crippen LogP contribution in [0.15, 0.2) is 10.8 Å². The van der Waals surface area contributed by atoms with Crippen LogP contribution in [0.1, 0.15) is 31.9 Å². The second kappa shape index (κ2) is 2.39. The lowest BCUT2D eigenvalue weighted by molar-refractivity contribution is 0.589. The second-order valence-corrected chi connectivity index (χ2v) is 4.46. The van der Waals surface area contributed by atoms with Crippen LogP contribution in [-0.4, -0.2) is 0 Å². The zero-order valence-corrected chi connectivity index (χ0v) is 7.88. The highest BCUT2D eigenvalue weighted by molar-refractivity contribution is 7.08. The molecule has 56 valence electrons. The zero-order chi connectivity index (χ0) is 7.78. The molecule has 0 aromatic carbocycles. The van der Waals surface area contributed by atoms with Crippen LogP contribution in [0.25, 0.3) is 0 Å². The molecule has 1 aromatic rings. The van der Waals surface area contributed by atoms with Crippen LogP contribution in [0.2, 0.25) is 0 Å². The first-order valence-corrected chi connectivity index (χ1v) is 4.49. The normalized spacial score (nSPS) is 12.0. The molecule has 0 radical (unpaired) electrons. The summed E-state index contributed by atoms with van der Waals surface area (Å²) in [6.45, 7) is 8.93. The second-order valence-electron chi connectivity index (χ2n) is 3.72. The zero-order valence-electron chi connectivity index (χ0n) is 7.06. The van der Waals surface area contributed by atoms with Gasteiger partial charge in [-0.25, -0.2) is 0 Å². The molecule has 0 unspecified atom stereocenters. The molecule has 0 atom stereocenters. The van der Waals surface area contributed by atoms with E-state index in [2.05, 4.69) is 38.5 Å². The van der Waals surface area contributed by atoms with E-state index in [0.29, 0.717) is 5.41 Å². The summed E-state index contributed by atoms with van der Waals surface area (Å²) < 4.78 is 0. The summed E-state index contributed by atoms with van der Waals surface area (Å²) in [5, 5.41) is 4.45. The number of aryl methyl sites for hydroxylation is 1. The van der Waals surface area contributed by atoms with E-state index in [4.69, 9.17) is 0 Å². The van der Waals surface area contributed by atoms with Gasteiger partial charge in [0.15, 0.2) is 0 Å². The summed E-state index contributed by atoms with van der Waals surface area (Å²) in [7, 11) is 0. The number of hydrogen-bond donors (Lipinski definition) is 0. The lowest BCUT2D eigenvalue weighted by Crippen LogP contribution is -2.10. The molecular weight excluding hydrogens is 140 g/mol. The Labute approximate surface area is 66.9 Å². The fourth-order valence-electron chi connectivity index (χ4n) is 1.13. The Balaban J connectivity index is 3.05. The predicted octanol–water partition coefficient (Wildman–Crippen LogP) is 3.35. The van der Waals surface area contributed by atoms with Crippen molar-refractivity contribution in [1.82, 2.24) is 0 Å². The van der Waals surface area contributed by atoms with Crippen molar-refractivity contribution < 1.29 is 0 Å². The molecule has 0 saturated heterocycles. The van der Waals surface area contributed by atoms with Crippen molar-refractivity contribution >= 4 is 11.3 Å². The van der Waals surface area contributed by atoms with Crippen LogP contribution >= 0.6 is 11.3 Å². The number of rotatable bonds is 0. The summed E-state index contributed by atoms with van der Waals surface area (Å²) in [4.78, 5) is 0. The van der Waals surface area contributed by atoms with E-state index in [-0.39, 0.29) is 0 Å². The number of hydrogen-bond acceptors (Lipinski definition) is 1. The van der Waals surface area contributed by atoms with E-state index < -0.39 is 0 Å². The Bertz CT molecular complexity index is 215. The lowest BCUT2D eigenvalue weighted by Gasteiger charge is -2.17. The molecule has 1 aromatic heterocycles. The van der Waals surface area contributed by atoms with Gasteiger partial charge in [-0.2, -0.15) is 11.3 Å². The van der Waals surface area contributed by atoms with Gasteiger partial charge in [-0.15, -0.1) is 0 Å². The smallest absolute Gasteiger partial charge is 0.00532 e. The summed E-state index contributed by atoms with van der Waals surface area (Å²) in [5.74, 6) is 0. The van der Waals surface area contributed by atoms with Crippen molar-refractivity contribution in [2.45, 2.75) is 33.1 Å². The molecule has 10 heavy (non-hydrogen) atoms. The van der Waals surface area contributed by atoms with E-state index in [9.17, 15) is 0 Å². The molecule has 0 saturated carbocycles. The Morgan fingerprint density at radius 1 is 1.20 bits per heavy atom. The molecule has 0 bridgehead atoms. The standard InChI is InChI=1S/C9H14S/c1-7-5-10-6-8(7)9(2,3)4/h5-6H,1-4H3. The van der Waals surface area contributed by atoms with Gasteiger partial charge < -0.3 is 0 Å². The first kappa shape index (κ1) is 7.80. The average Bonchev–Trinajstić information content (AvgIpc) is 2.11. The fraction of sp³-hybridized carbons (Fsp3) is 0.556. The molecule has 0 aliphatic rings. The summed E-state index contributed by atoms with van der Waals surface area (Å²) in [5.41, 5.74) is 3.24. The third kappa shape index (κ3) is 1.40. The molecule has 0 aliphatic heterocycles. The summed E-state index contributed by atoms with van der Waals surface area (Å²) >= 11 is 1.79. The third-order valence-corrected chi connectivity index (χ3v) is 2.52. The van der Waals surface area contributed by atoms with Crippen LogP contribution in [-0.2, 0) is 5.41 Å². The predicted molar refractivity (Wildman–Crippen MR) is 47.8 cm³/mol.